The number of nitrogens with zero attached hydrogens (tertiary/aromatic N) is 2. The molecule has 2 saturated carbocycles. The van der Waals surface area contributed by atoms with Crippen LogP contribution in [0.3, 0.4) is 0 Å². The van der Waals surface area contributed by atoms with Crippen LogP contribution in [0.15, 0.2) is 48.8 Å². The van der Waals surface area contributed by atoms with E-state index in [0.717, 1.165) is 36.6 Å². The first-order valence-electron chi connectivity index (χ1n) is 10.7. The van der Waals surface area contributed by atoms with Gasteiger partial charge in [0.2, 0.25) is 5.91 Å². The van der Waals surface area contributed by atoms with Crippen molar-refractivity contribution in [2.24, 2.45) is 23.5 Å². The van der Waals surface area contributed by atoms with Gasteiger partial charge in [-0.2, -0.15) is 0 Å². The molecule has 0 spiro atoms. The van der Waals surface area contributed by atoms with E-state index < -0.39 is 6.04 Å². The van der Waals surface area contributed by atoms with Crippen LogP contribution in [0.1, 0.15) is 37.2 Å². The zero-order chi connectivity index (χ0) is 21.5. The smallest absolute Gasteiger partial charge is 0.241 e. The summed E-state index contributed by atoms with van der Waals surface area (Å²) in [6.07, 6.45) is 7.34. The molecule has 3 unspecified atom stereocenters. The lowest BCUT2D eigenvalue weighted by Crippen LogP contribution is -2.41. The number of hydrogen-bond donors (Lipinski definition) is 2. The van der Waals surface area contributed by atoms with Crippen LogP contribution in [0.4, 0.5) is 10.1 Å². The van der Waals surface area contributed by atoms with Crippen molar-refractivity contribution in [3.63, 3.8) is 0 Å². The molecule has 2 aliphatic carbocycles. The van der Waals surface area contributed by atoms with Crippen molar-refractivity contribution in [1.82, 2.24) is 9.97 Å². The zero-order valence-corrected chi connectivity index (χ0v) is 17.7. The van der Waals surface area contributed by atoms with Crippen LogP contribution >= 0.6 is 11.6 Å². The van der Waals surface area contributed by atoms with E-state index in [1.165, 1.54) is 17.8 Å². The van der Waals surface area contributed by atoms with Crippen LogP contribution in [0.25, 0.3) is 10.9 Å². The highest BCUT2D eigenvalue weighted by Gasteiger charge is 2.45. The van der Waals surface area contributed by atoms with Gasteiger partial charge in [0.05, 0.1) is 23.4 Å². The number of aromatic nitrogens is 2. The first kappa shape index (κ1) is 20.3. The topological polar surface area (TPSA) is 80.9 Å². The van der Waals surface area contributed by atoms with E-state index in [9.17, 15) is 9.18 Å². The Bertz CT molecular complexity index is 1110. The quantitative estimate of drug-likeness (QED) is 0.567. The Balaban J connectivity index is 1.24. The summed E-state index contributed by atoms with van der Waals surface area (Å²) in [6.45, 7) is 0. The number of nitrogens with two attached hydrogens (primary N) is 1. The molecule has 0 radical (unpaired) electrons. The largest absolute Gasteiger partial charge is 0.323 e. The Morgan fingerprint density at radius 3 is 2.58 bits per heavy atom. The number of amides is 1. The molecular formula is C24H24ClFN4O. The van der Waals surface area contributed by atoms with E-state index in [2.05, 4.69) is 15.3 Å². The molecule has 31 heavy (non-hydrogen) atoms. The highest BCUT2D eigenvalue weighted by molar-refractivity contribution is 6.29. The number of pyridine rings is 2. The SMILES string of the molecule is NC(C(=O)Nc1ccc(Cl)nc1)C1C[C@H]2CC(c3ccnc4ccc(F)cc34)C[C@H]2C1. The van der Waals surface area contributed by atoms with Gasteiger partial charge in [-0.3, -0.25) is 9.78 Å². The Morgan fingerprint density at radius 1 is 1.10 bits per heavy atom. The van der Waals surface area contributed by atoms with Crippen LogP contribution in [0.2, 0.25) is 5.15 Å². The number of fused-ring (bicyclic) bond motifs is 2. The molecule has 5 nitrogen and oxygen atoms in total. The first-order chi connectivity index (χ1) is 15.0. The van der Waals surface area contributed by atoms with Crippen molar-refractivity contribution >= 4 is 34.1 Å². The fourth-order valence-corrected chi connectivity index (χ4v) is 5.71. The summed E-state index contributed by atoms with van der Waals surface area (Å²) < 4.78 is 13.8. The minimum atomic E-state index is -0.546. The molecule has 1 amide bonds. The Kier molecular flexibility index (Phi) is 5.36. The maximum Gasteiger partial charge on any atom is 0.241 e. The molecule has 0 bridgehead atoms. The summed E-state index contributed by atoms with van der Waals surface area (Å²) in [5.74, 6) is 1.25. The van der Waals surface area contributed by atoms with Gasteiger partial charge in [-0.15, -0.1) is 0 Å². The number of rotatable bonds is 4. The van der Waals surface area contributed by atoms with Gasteiger partial charge in [0.25, 0.3) is 0 Å². The van der Waals surface area contributed by atoms with Crippen LogP contribution in [-0.4, -0.2) is 21.9 Å². The summed E-state index contributed by atoms with van der Waals surface area (Å²) in [4.78, 5) is 21.0. The summed E-state index contributed by atoms with van der Waals surface area (Å²) in [6, 6.07) is 9.64. The number of carbonyl (C=O) groups excluding carboxylic acids is 1. The van der Waals surface area contributed by atoms with Gasteiger partial charge in [0.1, 0.15) is 11.0 Å². The van der Waals surface area contributed by atoms with E-state index in [1.807, 2.05) is 12.3 Å². The van der Waals surface area contributed by atoms with Gasteiger partial charge < -0.3 is 11.1 Å². The summed E-state index contributed by atoms with van der Waals surface area (Å²) in [5, 5.41) is 4.14. The Hall–Kier alpha value is -2.57. The third kappa shape index (κ3) is 4.02. The lowest BCUT2D eigenvalue weighted by atomic mass is 9.88. The molecule has 2 aliphatic rings. The lowest BCUT2D eigenvalue weighted by molar-refractivity contribution is -0.118. The molecule has 2 fully saturated rings. The molecule has 2 aromatic heterocycles. The van der Waals surface area contributed by atoms with Crippen molar-refractivity contribution in [1.29, 1.82) is 0 Å². The minimum Gasteiger partial charge on any atom is -0.323 e. The standard InChI is InChI=1S/C24H24ClFN4O/c25-22-4-2-18(12-29-22)30-24(31)23(27)16-9-13-7-15(8-14(13)10-16)19-5-6-28-21-3-1-17(26)11-20(19)21/h1-6,11-16,23H,7-10,27H2,(H,30,31)/t13-,14+,15?,16?,23?. The minimum absolute atomic E-state index is 0.169. The van der Waals surface area contributed by atoms with Crippen molar-refractivity contribution < 1.29 is 9.18 Å². The van der Waals surface area contributed by atoms with Gasteiger partial charge in [-0.25, -0.2) is 9.37 Å². The maximum absolute atomic E-state index is 13.8. The highest BCUT2D eigenvalue weighted by Crippen LogP contribution is 2.53. The summed E-state index contributed by atoms with van der Waals surface area (Å²) in [5.41, 5.74) is 8.95. The van der Waals surface area contributed by atoms with E-state index in [1.54, 1.807) is 24.3 Å². The van der Waals surface area contributed by atoms with Gasteiger partial charge in [-0.1, -0.05) is 11.6 Å². The van der Waals surface area contributed by atoms with Gasteiger partial charge in [0, 0.05) is 11.6 Å². The third-order valence-electron chi connectivity index (χ3n) is 7.03. The molecular weight excluding hydrogens is 415 g/mol. The van der Waals surface area contributed by atoms with Crippen molar-refractivity contribution in [2.45, 2.75) is 37.6 Å². The monoisotopic (exact) mass is 438 g/mol. The van der Waals surface area contributed by atoms with E-state index in [-0.39, 0.29) is 17.6 Å². The third-order valence-corrected chi connectivity index (χ3v) is 7.26. The molecule has 5 rings (SSSR count). The summed E-state index contributed by atoms with van der Waals surface area (Å²) in [7, 11) is 0. The number of benzene rings is 1. The van der Waals surface area contributed by atoms with Crippen LogP contribution in [0, 0.1) is 23.6 Å². The normalized spacial score (nSPS) is 26.0. The fourth-order valence-electron chi connectivity index (χ4n) is 5.60. The molecule has 3 aromatic rings. The van der Waals surface area contributed by atoms with Crippen molar-refractivity contribution in [3.05, 3.63) is 65.3 Å². The van der Waals surface area contributed by atoms with E-state index >= 15 is 0 Å². The fraction of sp³-hybridized carbons (Fsp3) is 0.375. The number of hydrogen-bond acceptors (Lipinski definition) is 4. The second-order valence-corrected chi connectivity index (χ2v) is 9.25. The molecule has 2 heterocycles. The molecule has 1 aromatic carbocycles. The first-order valence-corrected chi connectivity index (χ1v) is 11.1. The van der Waals surface area contributed by atoms with Crippen LogP contribution in [0.5, 0.6) is 0 Å². The predicted octanol–water partition coefficient (Wildman–Crippen LogP) is 4.91. The molecule has 5 atom stereocenters. The van der Waals surface area contributed by atoms with Gasteiger partial charge in [-0.05, 0) is 91.3 Å². The average Bonchev–Trinajstić information content (AvgIpc) is 3.33. The number of anilines is 1. The number of carbonyl (C=O) groups is 1. The average molecular weight is 439 g/mol. The molecule has 0 aliphatic heterocycles. The highest BCUT2D eigenvalue weighted by atomic mass is 35.5. The maximum atomic E-state index is 13.8. The van der Waals surface area contributed by atoms with Gasteiger partial charge in [0.15, 0.2) is 0 Å². The predicted molar refractivity (Wildman–Crippen MR) is 119 cm³/mol. The van der Waals surface area contributed by atoms with Crippen LogP contribution in [-0.2, 0) is 4.79 Å². The van der Waals surface area contributed by atoms with Crippen LogP contribution < -0.4 is 11.1 Å². The lowest BCUT2D eigenvalue weighted by Gasteiger charge is -2.21. The van der Waals surface area contributed by atoms with E-state index in [0.29, 0.717) is 28.6 Å². The molecule has 0 saturated heterocycles. The van der Waals surface area contributed by atoms with E-state index in [4.69, 9.17) is 17.3 Å². The summed E-state index contributed by atoms with van der Waals surface area (Å²) >= 11 is 5.79. The number of halogens is 2. The molecule has 160 valence electrons. The second kappa shape index (κ2) is 8.17. The molecule has 3 N–H and O–H groups in total. The number of nitrogens with one attached hydrogen (secondary N) is 1. The Morgan fingerprint density at radius 2 is 1.87 bits per heavy atom. The van der Waals surface area contributed by atoms with Crippen molar-refractivity contribution in [2.75, 3.05) is 5.32 Å². The zero-order valence-electron chi connectivity index (χ0n) is 17.0. The Labute approximate surface area is 185 Å². The van der Waals surface area contributed by atoms with Crippen molar-refractivity contribution in [3.8, 4) is 0 Å². The second-order valence-electron chi connectivity index (χ2n) is 8.87. The molecule has 7 heteroatoms. The van der Waals surface area contributed by atoms with Gasteiger partial charge >= 0.3 is 0 Å².